The first-order chi connectivity index (χ1) is 7.67. The van der Waals surface area contributed by atoms with Crippen LogP contribution in [0.1, 0.15) is 25.3 Å². The summed E-state index contributed by atoms with van der Waals surface area (Å²) in [4.78, 5) is 11.2. The molecule has 0 spiro atoms. The van der Waals surface area contributed by atoms with Gasteiger partial charge >= 0.3 is 5.97 Å². The summed E-state index contributed by atoms with van der Waals surface area (Å²) in [5.74, 6) is -0.662. The zero-order valence-corrected chi connectivity index (χ0v) is 9.50. The van der Waals surface area contributed by atoms with Crippen molar-refractivity contribution >= 4 is 11.5 Å². The van der Waals surface area contributed by atoms with Gasteiger partial charge in [0.1, 0.15) is 5.82 Å². The molecule has 16 heavy (non-hydrogen) atoms. The predicted molar refractivity (Wildman–Crippen MR) is 61.3 cm³/mol. The first-order valence-corrected chi connectivity index (χ1v) is 5.21. The van der Waals surface area contributed by atoms with Gasteiger partial charge in [-0.05, 0) is 29.7 Å². The highest BCUT2D eigenvalue weighted by Gasteiger charge is 2.04. The highest BCUT2D eigenvalue weighted by molar-refractivity contribution is 5.91. The van der Waals surface area contributed by atoms with E-state index in [4.69, 9.17) is 0 Å². The summed E-state index contributed by atoms with van der Waals surface area (Å²) in [6.45, 7) is 2.02. The van der Waals surface area contributed by atoms with Crippen LogP contribution < -0.4 is 0 Å². The summed E-state index contributed by atoms with van der Waals surface area (Å²) in [5, 5.41) is 0. The Morgan fingerprint density at radius 2 is 2.00 bits per heavy atom. The first-order valence-electron chi connectivity index (χ1n) is 5.21. The fourth-order valence-electron chi connectivity index (χ4n) is 1.43. The second-order valence-corrected chi connectivity index (χ2v) is 3.45. The maximum absolute atomic E-state index is 12.8. The molecule has 0 heterocycles. The third-order valence-electron chi connectivity index (χ3n) is 2.23. The first kappa shape index (κ1) is 12.4. The van der Waals surface area contributed by atoms with Crippen LogP contribution in [0.5, 0.6) is 0 Å². The van der Waals surface area contributed by atoms with Gasteiger partial charge < -0.3 is 4.74 Å². The Bertz CT molecular complexity index is 379. The van der Waals surface area contributed by atoms with Gasteiger partial charge in [-0.25, -0.2) is 9.18 Å². The second kappa shape index (κ2) is 6.05. The van der Waals surface area contributed by atoms with Crippen LogP contribution in [0, 0.1) is 5.82 Å². The van der Waals surface area contributed by atoms with Gasteiger partial charge in [0.15, 0.2) is 0 Å². The molecule has 2 nitrogen and oxygen atoms in total. The van der Waals surface area contributed by atoms with Crippen molar-refractivity contribution in [1.29, 1.82) is 0 Å². The average molecular weight is 222 g/mol. The summed E-state index contributed by atoms with van der Waals surface area (Å²) in [6, 6.07) is 6.10. The SMILES string of the molecule is CCCC(=CC(=O)OC)c1ccc(F)cc1. The fourth-order valence-corrected chi connectivity index (χ4v) is 1.43. The van der Waals surface area contributed by atoms with Crippen LogP contribution in [0.25, 0.3) is 5.57 Å². The third kappa shape index (κ3) is 3.50. The van der Waals surface area contributed by atoms with E-state index in [2.05, 4.69) is 4.74 Å². The van der Waals surface area contributed by atoms with Crippen LogP contribution in [0.4, 0.5) is 4.39 Å². The maximum Gasteiger partial charge on any atom is 0.330 e. The lowest BCUT2D eigenvalue weighted by Gasteiger charge is -2.06. The molecule has 0 amide bonds. The van der Waals surface area contributed by atoms with Gasteiger partial charge in [0, 0.05) is 6.08 Å². The predicted octanol–water partition coefficient (Wildman–Crippen LogP) is 3.18. The maximum atomic E-state index is 12.8. The number of carbonyl (C=O) groups excluding carboxylic acids is 1. The molecule has 0 saturated heterocycles. The molecule has 1 aromatic carbocycles. The van der Waals surface area contributed by atoms with E-state index in [0.29, 0.717) is 0 Å². The van der Waals surface area contributed by atoms with Crippen LogP contribution in [0.2, 0.25) is 0 Å². The number of allylic oxidation sites excluding steroid dienone is 1. The lowest BCUT2D eigenvalue weighted by atomic mass is 10.0. The minimum atomic E-state index is -0.382. The van der Waals surface area contributed by atoms with Gasteiger partial charge in [0.05, 0.1) is 7.11 Å². The molecule has 0 saturated carbocycles. The van der Waals surface area contributed by atoms with E-state index < -0.39 is 0 Å². The second-order valence-electron chi connectivity index (χ2n) is 3.45. The van der Waals surface area contributed by atoms with E-state index in [9.17, 15) is 9.18 Å². The Labute approximate surface area is 94.7 Å². The Morgan fingerprint density at radius 3 is 2.50 bits per heavy atom. The Balaban J connectivity index is 2.97. The average Bonchev–Trinajstić information content (AvgIpc) is 2.29. The normalized spacial score (nSPS) is 11.3. The molecule has 0 unspecified atom stereocenters. The molecular formula is C13H15FO2. The molecule has 0 radical (unpaired) electrons. The zero-order chi connectivity index (χ0) is 12.0. The molecule has 0 aliphatic rings. The van der Waals surface area contributed by atoms with E-state index in [1.807, 2.05) is 6.92 Å². The Hall–Kier alpha value is -1.64. The number of benzene rings is 1. The lowest BCUT2D eigenvalue weighted by Crippen LogP contribution is -1.97. The Morgan fingerprint density at radius 1 is 1.38 bits per heavy atom. The fraction of sp³-hybridized carbons (Fsp3) is 0.308. The molecule has 3 heteroatoms. The molecule has 0 bridgehead atoms. The number of methoxy groups -OCH3 is 1. The smallest absolute Gasteiger partial charge is 0.330 e. The molecule has 86 valence electrons. The molecule has 0 aromatic heterocycles. The molecule has 0 atom stereocenters. The summed E-state index contributed by atoms with van der Waals surface area (Å²) in [5.41, 5.74) is 1.73. The summed E-state index contributed by atoms with van der Waals surface area (Å²) in [7, 11) is 1.34. The van der Waals surface area contributed by atoms with Crippen molar-refractivity contribution in [3.05, 3.63) is 41.7 Å². The van der Waals surface area contributed by atoms with E-state index >= 15 is 0 Å². The van der Waals surface area contributed by atoms with Gasteiger partial charge in [-0.15, -0.1) is 0 Å². The van der Waals surface area contributed by atoms with Crippen LogP contribution in [0.15, 0.2) is 30.3 Å². The minimum absolute atomic E-state index is 0.280. The van der Waals surface area contributed by atoms with Crippen molar-refractivity contribution in [2.75, 3.05) is 7.11 Å². The number of halogens is 1. The van der Waals surface area contributed by atoms with Crippen molar-refractivity contribution in [2.24, 2.45) is 0 Å². The number of hydrogen-bond donors (Lipinski definition) is 0. The van der Waals surface area contributed by atoms with Gasteiger partial charge in [0.2, 0.25) is 0 Å². The molecule has 0 aliphatic heterocycles. The standard InChI is InChI=1S/C13H15FO2/c1-3-4-11(9-13(15)16-2)10-5-7-12(14)8-6-10/h5-9H,3-4H2,1-2H3. The largest absolute Gasteiger partial charge is 0.466 e. The van der Waals surface area contributed by atoms with Crippen molar-refractivity contribution < 1.29 is 13.9 Å². The van der Waals surface area contributed by atoms with Crippen molar-refractivity contribution in [3.8, 4) is 0 Å². The highest BCUT2D eigenvalue weighted by atomic mass is 19.1. The summed E-state index contributed by atoms with van der Waals surface area (Å²) >= 11 is 0. The number of ether oxygens (including phenoxy) is 1. The number of esters is 1. The van der Waals surface area contributed by atoms with Gasteiger partial charge in [-0.1, -0.05) is 25.5 Å². The number of hydrogen-bond acceptors (Lipinski definition) is 2. The molecule has 1 aromatic rings. The van der Waals surface area contributed by atoms with Gasteiger partial charge in [-0.2, -0.15) is 0 Å². The van der Waals surface area contributed by atoms with E-state index in [0.717, 1.165) is 24.0 Å². The van der Waals surface area contributed by atoms with Gasteiger partial charge in [-0.3, -0.25) is 0 Å². The lowest BCUT2D eigenvalue weighted by molar-refractivity contribution is -0.134. The zero-order valence-electron chi connectivity index (χ0n) is 9.50. The van der Waals surface area contributed by atoms with Crippen LogP contribution in [0.3, 0.4) is 0 Å². The molecule has 0 aliphatic carbocycles. The highest BCUT2D eigenvalue weighted by Crippen LogP contribution is 2.20. The molecule has 0 N–H and O–H groups in total. The molecule has 0 fully saturated rings. The van der Waals surface area contributed by atoms with Crippen molar-refractivity contribution in [3.63, 3.8) is 0 Å². The number of rotatable bonds is 4. The minimum Gasteiger partial charge on any atom is -0.466 e. The van der Waals surface area contributed by atoms with E-state index in [1.54, 1.807) is 12.1 Å². The van der Waals surface area contributed by atoms with Gasteiger partial charge in [0.25, 0.3) is 0 Å². The molecular weight excluding hydrogens is 207 g/mol. The monoisotopic (exact) mass is 222 g/mol. The van der Waals surface area contributed by atoms with Crippen molar-refractivity contribution in [2.45, 2.75) is 19.8 Å². The van der Waals surface area contributed by atoms with E-state index in [-0.39, 0.29) is 11.8 Å². The third-order valence-corrected chi connectivity index (χ3v) is 2.23. The summed E-state index contributed by atoms with van der Waals surface area (Å²) in [6.07, 6.45) is 3.14. The topological polar surface area (TPSA) is 26.3 Å². The Kier molecular flexibility index (Phi) is 4.70. The summed E-state index contributed by atoms with van der Waals surface area (Å²) < 4.78 is 17.3. The van der Waals surface area contributed by atoms with Crippen LogP contribution >= 0.6 is 0 Å². The van der Waals surface area contributed by atoms with Crippen LogP contribution in [-0.2, 0) is 9.53 Å². The molecule has 1 rings (SSSR count). The van der Waals surface area contributed by atoms with Crippen molar-refractivity contribution in [1.82, 2.24) is 0 Å². The quantitative estimate of drug-likeness (QED) is 0.577. The van der Waals surface area contributed by atoms with Crippen LogP contribution in [-0.4, -0.2) is 13.1 Å². The van der Waals surface area contributed by atoms with E-state index in [1.165, 1.54) is 25.3 Å². The number of carbonyl (C=O) groups is 1.